The summed E-state index contributed by atoms with van der Waals surface area (Å²) in [7, 11) is 0. The molecule has 1 heterocycles. The highest BCUT2D eigenvalue weighted by Crippen LogP contribution is 2.25. The first-order valence-corrected chi connectivity index (χ1v) is 7.67. The molecule has 126 valence electrons. The van der Waals surface area contributed by atoms with Crippen LogP contribution in [0.5, 0.6) is 0 Å². The number of carboxylic acid groups (broad SMARTS) is 1. The number of benzene rings is 1. The molecule has 0 radical (unpaired) electrons. The number of hydrogen-bond acceptors (Lipinski definition) is 4. The van der Waals surface area contributed by atoms with E-state index in [0.29, 0.717) is 5.56 Å². The molecular formula is C18H21N3O3. The lowest BCUT2D eigenvalue weighted by Gasteiger charge is -2.21. The summed E-state index contributed by atoms with van der Waals surface area (Å²) >= 11 is 0. The Labute approximate surface area is 140 Å². The number of carbonyl (C=O) groups excluding carboxylic acids is 1. The van der Waals surface area contributed by atoms with Crippen LogP contribution < -0.4 is 5.32 Å². The third kappa shape index (κ3) is 4.62. The number of rotatable bonds is 5. The van der Waals surface area contributed by atoms with Crippen LogP contribution in [0.25, 0.3) is 0 Å². The number of carbonyl (C=O) groups is 2. The highest BCUT2D eigenvalue weighted by molar-refractivity contribution is 5.94. The van der Waals surface area contributed by atoms with Gasteiger partial charge in [-0.2, -0.15) is 10.2 Å². The minimum atomic E-state index is -0.979. The molecule has 24 heavy (non-hydrogen) atoms. The average Bonchev–Trinajstić information content (AvgIpc) is 2.54. The van der Waals surface area contributed by atoms with Crippen molar-refractivity contribution in [1.29, 1.82) is 0 Å². The molecule has 6 nitrogen and oxygen atoms in total. The molecule has 0 spiro atoms. The van der Waals surface area contributed by atoms with Crippen molar-refractivity contribution in [2.45, 2.75) is 38.6 Å². The lowest BCUT2D eigenvalue weighted by atomic mass is 9.86. The fourth-order valence-corrected chi connectivity index (χ4v) is 2.31. The number of aliphatic carboxylic acids is 1. The van der Waals surface area contributed by atoms with Crippen molar-refractivity contribution >= 4 is 11.9 Å². The van der Waals surface area contributed by atoms with E-state index in [1.54, 1.807) is 0 Å². The standard InChI is InChI=1S/C18H21N3O3/c1-18(2,3)14-6-4-12(5-7-14)15(10-16(22)23)21-17(24)13-8-9-19-20-11-13/h4-9,11,15H,10H2,1-3H3,(H,21,24)(H,22,23). The molecule has 2 rings (SSSR count). The normalized spacial score (nSPS) is 12.5. The monoisotopic (exact) mass is 327 g/mol. The molecule has 0 aliphatic heterocycles. The van der Waals surface area contributed by atoms with Gasteiger partial charge in [0.25, 0.3) is 5.91 Å². The maximum Gasteiger partial charge on any atom is 0.305 e. The molecule has 1 atom stereocenters. The van der Waals surface area contributed by atoms with Gasteiger partial charge in [0.05, 0.1) is 30.4 Å². The molecule has 1 aromatic heterocycles. The largest absolute Gasteiger partial charge is 0.481 e. The second-order valence-corrected chi connectivity index (χ2v) is 6.63. The first-order valence-electron chi connectivity index (χ1n) is 7.67. The molecule has 0 aliphatic rings. The SMILES string of the molecule is CC(C)(C)c1ccc(C(CC(=O)O)NC(=O)c2ccnnc2)cc1. The van der Waals surface area contributed by atoms with E-state index in [4.69, 9.17) is 5.11 Å². The van der Waals surface area contributed by atoms with Crippen LogP contribution in [0.1, 0.15) is 54.7 Å². The van der Waals surface area contributed by atoms with Gasteiger partial charge in [-0.25, -0.2) is 0 Å². The molecule has 2 N–H and O–H groups in total. The predicted octanol–water partition coefficient (Wildman–Crippen LogP) is 2.72. The van der Waals surface area contributed by atoms with Crippen LogP contribution in [0.2, 0.25) is 0 Å². The molecule has 1 aromatic carbocycles. The third-order valence-corrected chi connectivity index (χ3v) is 3.71. The average molecular weight is 327 g/mol. The van der Waals surface area contributed by atoms with Crippen molar-refractivity contribution in [1.82, 2.24) is 15.5 Å². The van der Waals surface area contributed by atoms with Crippen LogP contribution in [-0.2, 0) is 10.2 Å². The van der Waals surface area contributed by atoms with Crippen molar-refractivity contribution < 1.29 is 14.7 Å². The second kappa shape index (κ2) is 7.21. The zero-order valence-corrected chi connectivity index (χ0v) is 14.0. The quantitative estimate of drug-likeness (QED) is 0.881. The highest BCUT2D eigenvalue weighted by Gasteiger charge is 2.20. The lowest BCUT2D eigenvalue weighted by Crippen LogP contribution is -2.30. The first-order chi connectivity index (χ1) is 11.3. The summed E-state index contributed by atoms with van der Waals surface area (Å²) < 4.78 is 0. The fourth-order valence-electron chi connectivity index (χ4n) is 2.31. The van der Waals surface area contributed by atoms with E-state index in [1.165, 1.54) is 18.5 Å². The summed E-state index contributed by atoms with van der Waals surface area (Å²) in [5, 5.41) is 19.2. The van der Waals surface area contributed by atoms with E-state index >= 15 is 0 Å². The summed E-state index contributed by atoms with van der Waals surface area (Å²) in [6, 6.07) is 8.56. The lowest BCUT2D eigenvalue weighted by molar-refractivity contribution is -0.137. The van der Waals surface area contributed by atoms with E-state index in [-0.39, 0.29) is 17.7 Å². The number of nitrogens with one attached hydrogen (secondary N) is 1. The van der Waals surface area contributed by atoms with E-state index in [1.807, 2.05) is 24.3 Å². The van der Waals surface area contributed by atoms with Gasteiger partial charge in [-0.3, -0.25) is 9.59 Å². The van der Waals surface area contributed by atoms with E-state index in [0.717, 1.165) is 11.1 Å². The fraction of sp³-hybridized carbons (Fsp3) is 0.333. The van der Waals surface area contributed by atoms with Gasteiger partial charge in [-0.05, 0) is 22.6 Å². The molecule has 2 aromatic rings. The van der Waals surface area contributed by atoms with Crippen LogP contribution in [0, 0.1) is 0 Å². The Morgan fingerprint density at radius 1 is 1.12 bits per heavy atom. The number of hydrogen-bond donors (Lipinski definition) is 2. The van der Waals surface area contributed by atoms with Crippen molar-refractivity contribution in [3.05, 3.63) is 59.4 Å². The Morgan fingerprint density at radius 3 is 2.29 bits per heavy atom. The molecule has 0 saturated heterocycles. The summed E-state index contributed by atoms with van der Waals surface area (Å²) in [4.78, 5) is 23.4. The van der Waals surface area contributed by atoms with Crippen molar-refractivity contribution in [3.63, 3.8) is 0 Å². The van der Waals surface area contributed by atoms with E-state index in [2.05, 4.69) is 36.3 Å². The Balaban J connectivity index is 2.22. The second-order valence-electron chi connectivity index (χ2n) is 6.63. The summed E-state index contributed by atoms with van der Waals surface area (Å²) in [6.45, 7) is 6.32. The molecule has 0 aliphatic carbocycles. The van der Waals surface area contributed by atoms with Crippen LogP contribution in [-0.4, -0.2) is 27.2 Å². The number of nitrogens with zero attached hydrogens (tertiary/aromatic N) is 2. The van der Waals surface area contributed by atoms with Gasteiger partial charge >= 0.3 is 5.97 Å². The first kappa shape index (κ1) is 17.6. The Hall–Kier alpha value is -2.76. The smallest absolute Gasteiger partial charge is 0.305 e. The van der Waals surface area contributed by atoms with Crippen LogP contribution >= 0.6 is 0 Å². The highest BCUT2D eigenvalue weighted by atomic mass is 16.4. The van der Waals surface area contributed by atoms with Gasteiger partial charge in [-0.1, -0.05) is 45.0 Å². The van der Waals surface area contributed by atoms with Gasteiger partial charge in [-0.15, -0.1) is 0 Å². The summed E-state index contributed by atoms with van der Waals surface area (Å²) in [6.07, 6.45) is 2.56. The Bertz CT molecular complexity index is 707. The van der Waals surface area contributed by atoms with Crippen LogP contribution in [0.4, 0.5) is 0 Å². The van der Waals surface area contributed by atoms with E-state index in [9.17, 15) is 9.59 Å². The minimum absolute atomic E-state index is 0.00673. The maximum absolute atomic E-state index is 12.3. The van der Waals surface area contributed by atoms with E-state index < -0.39 is 12.0 Å². The molecular weight excluding hydrogens is 306 g/mol. The Morgan fingerprint density at radius 2 is 1.79 bits per heavy atom. The van der Waals surface area contributed by atoms with Gasteiger partial charge in [0.1, 0.15) is 0 Å². The molecule has 0 saturated carbocycles. The third-order valence-electron chi connectivity index (χ3n) is 3.71. The van der Waals surface area contributed by atoms with Crippen molar-refractivity contribution in [2.75, 3.05) is 0 Å². The van der Waals surface area contributed by atoms with Crippen LogP contribution in [0.3, 0.4) is 0 Å². The van der Waals surface area contributed by atoms with Gasteiger partial charge in [0, 0.05) is 0 Å². The minimum Gasteiger partial charge on any atom is -0.481 e. The summed E-state index contributed by atoms with van der Waals surface area (Å²) in [5.74, 6) is -1.36. The number of aromatic nitrogens is 2. The zero-order valence-electron chi connectivity index (χ0n) is 14.0. The van der Waals surface area contributed by atoms with Gasteiger partial charge in [0.15, 0.2) is 0 Å². The van der Waals surface area contributed by atoms with Gasteiger partial charge in [0.2, 0.25) is 0 Å². The molecule has 1 amide bonds. The molecule has 0 bridgehead atoms. The molecule has 1 unspecified atom stereocenters. The molecule has 0 fully saturated rings. The van der Waals surface area contributed by atoms with Crippen molar-refractivity contribution in [3.8, 4) is 0 Å². The maximum atomic E-state index is 12.3. The predicted molar refractivity (Wildman–Crippen MR) is 89.6 cm³/mol. The van der Waals surface area contributed by atoms with Crippen LogP contribution in [0.15, 0.2) is 42.7 Å². The molecule has 6 heteroatoms. The van der Waals surface area contributed by atoms with Gasteiger partial charge < -0.3 is 10.4 Å². The summed E-state index contributed by atoms with van der Waals surface area (Å²) in [5.41, 5.74) is 2.24. The topological polar surface area (TPSA) is 92.2 Å². The number of amides is 1. The van der Waals surface area contributed by atoms with Crippen molar-refractivity contribution in [2.24, 2.45) is 0 Å². The number of carboxylic acids is 1. The Kier molecular flexibility index (Phi) is 5.28. The zero-order chi connectivity index (χ0) is 17.7.